The van der Waals surface area contributed by atoms with Crippen molar-refractivity contribution in [3.8, 4) is 0 Å². The molecule has 0 amide bonds. The van der Waals surface area contributed by atoms with Gasteiger partial charge in [0.2, 0.25) is 0 Å². The fourth-order valence-electron chi connectivity index (χ4n) is 2.19. The summed E-state index contributed by atoms with van der Waals surface area (Å²) in [5.74, 6) is 0.832. The number of likely N-dealkylation sites (N-methyl/N-ethyl adjacent to an activating group) is 1. The standard InChI is InChI=1S/C13H28N2O2/c1-4-14-9-13(16)10-15(7-8-17-3)11(2)12-5-6-12/h11-14,16H,4-10H2,1-3H3. The van der Waals surface area contributed by atoms with E-state index in [1.165, 1.54) is 12.8 Å². The molecule has 4 heteroatoms. The van der Waals surface area contributed by atoms with Crippen LogP contribution in [0.3, 0.4) is 0 Å². The van der Waals surface area contributed by atoms with E-state index in [2.05, 4.69) is 24.1 Å². The smallest absolute Gasteiger partial charge is 0.0791 e. The van der Waals surface area contributed by atoms with Gasteiger partial charge in [-0.3, -0.25) is 4.90 Å². The third kappa shape index (κ3) is 5.82. The van der Waals surface area contributed by atoms with Crippen molar-refractivity contribution in [2.75, 3.05) is 39.9 Å². The molecular formula is C13H28N2O2. The summed E-state index contributed by atoms with van der Waals surface area (Å²) in [6, 6.07) is 0.571. The van der Waals surface area contributed by atoms with Crippen molar-refractivity contribution in [3.05, 3.63) is 0 Å². The predicted octanol–water partition coefficient (Wildman–Crippen LogP) is 0.704. The van der Waals surface area contributed by atoms with Crippen LogP contribution in [-0.4, -0.2) is 62.0 Å². The van der Waals surface area contributed by atoms with E-state index >= 15 is 0 Å². The van der Waals surface area contributed by atoms with Gasteiger partial charge in [-0.2, -0.15) is 0 Å². The molecule has 4 nitrogen and oxygen atoms in total. The third-order valence-electron chi connectivity index (χ3n) is 3.54. The predicted molar refractivity (Wildman–Crippen MR) is 70.2 cm³/mol. The number of nitrogens with zero attached hydrogens (tertiary/aromatic N) is 1. The van der Waals surface area contributed by atoms with Gasteiger partial charge in [-0.15, -0.1) is 0 Å². The fourth-order valence-corrected chi connectivity index (χ4v) is 2.19. The maximum atomic E-state index is 9.96. The second-order valence-corrected chi connectivity index (χ2v) is 5.03. The lowest BCUT2D eigenvalue weighted by atomic mass is 10.1. The minimum atomic E-state index is -0.284. The molecule has 1 aliphatic rings. The van der Waals surface area contributed by atoms with E-state index in [-0.39, 0.29) is 6.10 Å². The van der Waals surface area contributed by atoms with Crippen LogP contribution in [0.15, 0.2) is 0 Å². The molecular weight excluding hydrogens is 216 g/mol. The van der Waals surface area contributed by atoms with Crippen LogP contribution in [0, 0.1) is 5.92 Å². The van der Waals surface area contributed by atoms with E-state index in [9.17, 15) is 5.11 Å². The Morgan fingerprint density at radius 3 is 2.71 bits per heavy atom. The van der Waals surface area contributed by atoms with Gasteiger partial charge in [0.25, 0.3) is 0 Å². The summed E-state index contributed by atoms with van der Waals surface area (Å²) in [4.78, 5) is 2.36. The highest BCUT2D eigenvalue weighted by molar-refractivity contribution is 4.86. The van der Waals surface area contributed by atoms with Crippen LogP contribution in [0.5, 0.6) is 0 Å². The number of ether oxygens (including phenoxy) is 1. The summed E-state index contributed by atoms with van der Waals surface area (Å²) in [6.07, 6.45) is 2.40. The molecule has 102 valence electrons. The number of rotatable bonds is 10. The molecule has 2 unspecified atom stereocenters. The molecule has 17 heavy (non-hydrogen) atoms. The van der Waals surface area contributed by atoms with Gasteiger partial charge in [0.15, 0.2) is 0 Å². The Morgan fingerprint density at radius 1 is 1.47 bits per heavy atom. The molecule has 1 rings (SSSR count). The Morgan fingerprint density at radius 2 is 2.18 bits per heavy atom. The Labute approximate surface area is 105 Å². The van der Waals surface area contributed by atoms with Gasteiger partial charge < -0.3 is 15.2 Å². The number of hydrogen-bond donors (Lipinski definition) is 2. The molecule has 0 aliphatic heterocycles. The van der Waals surface area contributed by atoms with Crippen molar-refractivity contribution >= 4 is 0 Å². The molecule has 0 bridgehead atoms. The molecule has 0 radical (unpaired) electrons. The number of hydrogen-bond acceptors (Lipinski definition) is 4. The minimum absolute atomic E-state index is 0.284. The average molecular weight is 244 g/mol. The van der Waals surface area contributed by atoms with Crippen molar-refractivity contribution in [1.29, 1.82) is 0 Å². The lowest BCUT2D eigenvalue weighted by Crippen LogP contribution is -2.44. The van der Waals surface area contributed by atoms with E-state index in [4.69, 9.17) is 4.74 Å². The van der Waals surface area contributed by atoms with E-state index in [1.807, 2.05) is 0 Å². The van der Waals surface area contributed by atoms with Gasteiger partial charge in [0.1, 0.15) is 0 Å². The lowest BCUT2D eigenvalue weighted by Gasteiger charge is -2.31. The first kappa shape index (κ1) is 14.9. The van der Waals surface area contributed by atoms with Gasteiger partial charge in [-0.05, 0) is 32.2 Å². The first-order valence-electron chi connectivity index (χ1n) is 6.80. The highest BCUT2D eigenvalue weighted by Gasteiger charge is 2.32. The third-order valence-corrected chi connectivity index (χ3v) is 3.54. The van der Waals surface area contributed by atoms with Crippen LogP contribution in [0.25, 0.3) is 0 Å². The van der Waals surface area contributed by atoms with Crippen molar-refractivity contribution in [1.82, 2.24) is 10.2 Å². The molecule has 2 atom stereocenters. The topological polar surface area (TPSA) is 44.7 Å². The molecule has 0 spiro atoms. The molecule has 1 aliphatic carbocycles. The Hall–Kier alpha value is -0.160. The van der Waals surface area contributed by atoms with E-state index in [1.54, 1.807) is 7.11 Å². The zero-order valence-corrected chi connectivity index (χ0v) is 11.5. The van der Waals surface area contributed by atoms with Gasteiger partial charge in [-0.25, -0.2) is 0 Å². The maximum absolute atomic E-state index is 9.96. The highest BCUT2D eigenvalue weighted by atomic mass is 16.5. The zero-order chi connectivity index (χ0) is 12.7. The quantitative estimate of drug-likeness (QED) is 0.594. The van der Waals surface area contributed by atoms with Crippen LogP contribution >= 0.6 is 0 Å². The first-order chi connectivity index (χ1) is 8.19. The summed E-state index contributed by atoms with van der Waals surface area (Å²) in [5.41, 5.74) is 0. The van der Waals surface area contributed by atoms with Crippen LogP contribution in [0.4, 0.5) is 0 Å². The normalized spacial score (nSPS) is 19.6. The SMILES string of the molecule is CCNCC(O)CN(CCOC)C(C)C1CC1. The molecule has 1 fully saturated rings. The van der Waals surface area contributed by atoms with E-state index in [0.29, 0.717) is 12.6 Å². The number of nitrogens with one attached hydrogen (secondary N) is 1. The zero-order valence-electron chi connectivity index (χ0n) is 11.5. The molecule has 0 aromatic carbocycles. The molecule has 1 saturated carbocycles. The van der Waals surface area contributed by atoms with Crippen molar-refractivity contribution < 1.29 is 9.84 Å². The molecule has 0 aromatic heterocycles. The Bertz CT molecular complexity index is 198. The van der Waals surface area contributed by atoms with Crippen LogP contribution < -0.4 is 5.32 Å². The van der Waals surface area contributed by atoms with Crippen molar-refractivity contribution in [2.45, 2.75) is 38.8 Å². The minimum Gasteiger partial charge on any atom is -0.390 e. The molecule has 0 aromatic rings. The largest absolute Gasteiger partial charge is 0.390 e. The van der Waals surface area contributed by atoms with E-state index < -0.39 is 0 Å². The molecule has 0 saturated heterocycles. The highest BCUT2D eigenvalue weighted by Crippen LogP contribution is 2.35. The summed E-state index contributed by atoms with van der Waals surface area (Å²) < 4.78 is 5.15. The van der Waals surface area contributed by atoms with Crippen LogP contribution in [0.2, 0.25) is 0 Å². The van der Waals surface area contributed by atoms with Gasteiger partial charge in [0.05, 0.1) is 12.7 Å². The number of methoxy groups -OCH3 is 1. The van der Waals surface area contributed by atoms with Crippen molar-refractivity contribution in [3.63, 3.8) is 0 Å². The first-order valence-corrected chi connectivity index (χ1v) is 6.80. The van der Waals surface area contributed by atoms with Gasteiger partial charge >= 0.3 is 0 Å². The fraction of sp³-hybridized carbons (Fsp3) is 1.00. The van der Waals surface area contributed by atoms with Gasteiger partial charge in [-0.1, -0.05) is 6.92 Å². The lowest BCUT2D eigenvalue weighted by molar-refractivity contribution is 0.0625. The number of aliphatic hydroxyl groups is 1. The maximum Gasteiger partial charge on any atom is 0.0791 e. The van der Waals surface area contributed by atoms with Crippen LogP contribution in [0.1, 0.15) is 26.7 Å². The Balaban J connectivity index is 2.32. The summed E-state index contributed by atoms with van der Waals surface area (Å²) in [6.45, 7) is 8.32. The second-order valence-electron chi connectivity index (χ2n) is 5.03. The summed E-state index contributed by atoms with van der Waals surface area (Å²) in [5, 5.41) is 13.1. The average Bonchev–Trinajstić information content (AvgIpc) is 3.15. The molecule has 2 N–H and O–H groups in total. The summed E-state index contributed by atoms with van der Waals surface area (Å²) in [7, 11) is 1.73. The summed E-state index contributed by atoms with van der Waals surface area (Å²) >= 11 is 0. The number of aliphatic hydroxyl groups excluding tert-OH is 1. The van der Waals surface area contributed by atoms with Crippen LogP contribution in [-0.2, 0) is 4.74 Å². The van der Waals surface area contributed by atoms with E-state index in [0.717, 1.165) is 32.2 Å². The van der Waals surface area contributed by atoms with Gasteiger partial charge in [0, 0.05) is 32.8 Å². The molecule has 0 heterocycles. The Kier molecular flexibility index (Phi) is 7.04. The van der Waals surface area contributed by atoms with Crippen molar-refractivity contribution in [2.24, 2.45) is 5.92 Å². The second kappa shape index (κ2) is 8.03. The monoisotopic (exact) mass is 244 g/mol.